The van der Waals surface area contributed by atoms with Crippen LogP contribution in [0.25, 0.3) is 105 Å². The average molecular weight is 881 g/mol. The molecule has 0 saturated carbocycles. The van der Waals surface area contributed by atoms with Crippen molar-refractivity contribution < 1.29 is 4.42 Å². The van der Waals surface area contributed by atoms with Gasteiger partial charge in [-0.3, -0.25) is 0 Å². The number of aromatic nitrogens is 1. The van der Waals surface area contributed by atoms with Crippen LogP contribution in [-0.4, -0.2) is 4.57 Å². The number of hydrogen-bond donors (Lipinski definition) is 0. The van der Waals surface area contributed by atoms with E-state index in [2.05, 4.69) is 264 Å². The van der Waals surface area contributed by atoms with Gasteiger partial charge in [0.05, 0.1) is 22.4 Å². The maximum absolute atomic E-state index is 6.38. The maximum atomic E-state index is 6.38. The lowest BCUT2D eigenvalue weighted by Gasteiger charge is -2.28. The second kappa shape index (κ2) is 16.9. The number of furan rings is 1. The smallest absolute Gasteiger partial charge is 0.143 e. The van der Waals surface area contributed by atoms with E-state index in [9.17, 15) is 0 Å². The lowest BCUT2D eigenvalue weighted by molar-refractivity contribution is 0.670. The molecule has 0 N–H and O–H groups in total. The van der Waals surface area contributed by atoms with E-state index in [0.29, 0.717) is 0 Å². The molecule has 0 fully saturated rings. The van der Waals surface area contributed by atoms with Crippen molar-refractivity contribution in [3.8, 4) is 61.3 Å². The van der Waals surface area contributed by atoms with E-state index in [1.807, 2.05) is 12.1 Å². The van der Waals surface area contributed by atoms with Gasteiger partial charge < -0.3 is 13.9 Å². The van der Waals surface area contributed by atoms with Gasteiger partial charge >= 0.3 is 0 Å². The molecule has 2 heterocycles. The second-order valence-electron chi connectivity index (χ2n) is 17.6. The van der Waals surface area contributed by atoms with Gasteiger partial charge in [-0.05, 0) is 99.6 Å². The fourth-order valence-corrected chi connectivity index (χ4v) is 10.3. The Labute approximate surface area is 401 Å². The minimum absolute atomic E-state index is 0.910. The quantitative estimate of drug-likeness (QED) is 0.144. The largest absolute Gasteiger partial charge is 0.455 e. The second-order valence-corrected chi connectivity index (χ2v) is 17.6. The third-order valence-electron chi connectivity index (χ3n) is 13.6. The number of anilines is 3. The summed E-state index contributed by atoms with van der Waals surface area (Å²) >= 11 is 0. The Hall–Kier alpha value is -9.18. The van der Waals surface area contributed by atoms with Gasteiger partial charge in [0, 0.05) is 49.6 Å². The van der Waals surface area contributed by atoms with E-state index in [0.717, 1.165) is 83.6 Å². The Morgan fingerprint density at radius 3 is 1.46 bits per heavy atom. The van der Waals surface area contributed by atoms with Crippen LogP contribution < -0.4 is 4.90 Å². The zero-order valence-electron chi connectivity index (χ0n) is 37.7. The highest BCUT2D eigenvalue weighted by atomic mass is 16.3. The molecule has 0 unspecified atom stereocenters. The summed E-state index contributed by atoms with van der Waals surface area (Å²) < 4.78 is 8.79. The minimum Gasteiger partial charge on any atom is -0.455 e. The Morgan fingerprint density at radius 2 is 0.754 bits per heavy atom. The molecule has 0 radical (unpaired) electrons. The molecule has 13 rings (SSSR count). The zero-order chi connectivity index (χ0) is 45.7. The molecule has 3 heteroatoms. The molecule has 0 aliphatic rings. The van der Waals surface area contributed by atoms with Crippen molar-refractivity contribution >= 4 is 60.8 Å². The van der Waals surface area contributed by atoms with E-state index in [4.69, 9.17) is 4.42 Å². The fraction of sp³-hybridized carbons (Fsp3) is 0. The van der Waals surface area contributed by atoms with Crippen molar-refractivity contribution in [1.82, 2.24) is 4.57 Å². The highest BCUT2D eigenvalue weighted by Gasteiger charge is 2.19. The van der Waals surface area contributed by atoms with Gasteiger partial charge in [-0.1, -0.05) is 206 Å². The van der Waals surface area contributed by atoms with Crippen LogP contribution in [0.3, 0.4) is 0 Å². The number of benzene rings is 11. The van der Waals surface area contributed by atoms with Gasteiger partial charge in [-0.25, -0.2) is 0 Å². The molecule has 3 nitrogen and oxygen atoms in total. The lowest BCUT2D eigenvalue weighted by atomic mass is 9.97. The van der Waals surface area contributed by atoms with Crippen LogP contribution >= 0.6 is 0 Å². The molecule has 0 amide bonds. The number of nitrogens with zero attached hydrogens (tertiary/aromatic N) is 2. The molecule has 0 aliphatic heterocycles. The predicted molar refractivity (Wildman–Crippen MR) is 290 cm³/mol. The van der Waals surface area contributed by atoms with Crippen LogP contribution in [0.2, 0.25) is 0 Å². The standard InChI is InChI=1S/C66H44N2O/c1-2-16-48(17-3-1)54-20-4-9-27-61(54)67(52-40-36-46(37-41-52)45-32-34-49(35-33-45)56-25-15-26-60-59-24-8-13-31-65(59)69-66(56)60)53-42-38-47(39-43-53)50-18-14-19-51(44-50)55-21-5-10-28-62(55)68-63-29-11-6-22-57(63)58-23-7-12-30-64(58)68/h1-44H. The molecular formula is C66H44N2O. The Bertz CT molecular complexity index is 3940. The summed E-state index contributed by atoms with van der Waals surface area (Å²) in [5.41, 5.74) is 20.2. The van der Waals surface area contributed by atoms with Gasteiger partial charge in [0.2, 0.25) is 0 Å². The monoisotopic (exact) mass is 880 g/mol. The Kier molecular flexibility index (Phi) is 9.84. The zero-order valence-corrected chi connectivity index (χ0v) is 37.7. The van der Waals surface area contributed by atoms with Crippen molar-refractivity contribution in [2.75, 3.05) is 4.90 Å². The van der Waals surface area contributed by atoms with E-state index in [-0.39, 0.29) is 0 Å². The van der Waals surface area contributed by atoms with Crippen molar-refractivity contribution in [2.45, 2.75) is 0 Å². The SMILES string of the molecule is c1ccc(-c2ccccc2N(c2ccc(-c3ccc(-c4cccc5c4oc4ccccc45)cc3)cc2)c2ccc(-c3cccc(-c4ccccc4-n4c5ccccc5c5ccccc54)c3)cc2)cc1. The first-order valence-corrected chi connectivity index (χ1v) is 23.6. The van der Waals surface area contributed by atoms with Gasteiger partial charge in [-0.15, -0.1) is 0 Å². The summed E-state index contributed by atoms with van der Waals surface area (Å²) in [6.45, 7) is 0. The summed E-state index contributed by atoms with van der Waals surface area (Å²) in [7, 11) is 0. The molecule has 0 bridgehead atoms. The third kappa shape index (κ3) is 7.08. The topological polar surface area (TPSA) is 21.3 Å². The molecule has 0 atom stereocenters. The molecule has 0 saturated heterocycles. The van der Waals surface area contributed by atoms with Crippen LogP contribution in [0.5, 0.6) is 0 Å². The maximum Gasteiger partial charge on any atom is 0.143 e. The predicted octanol–water partition coefficient (Wildman–Crippen LogP) is 18.5. The lowest BCUT2D eigenvalue weighted by Crippen LogP contribution is -2.11. The highest BCUT2D eigenvalue weighted by Crippen LogP contribution is 2.43. The van der Waals surface area contributed by atoms with E-state index in [1.54, 1.807) is 0 Å². The van der Waals surface area contributed by atoms with Crippen molar-refractivity contribution in [1.29, 1.82) is 0 Å². The van der Waals surface area contributed by atoms with Crippen molar-refractivity contribution in [2.24, 2.45) is 0 Å². The van der Waals surface area contributed by atoms with E-state index >= 15 is 0 Å². The summed E-state index contributed by atoms with van der Waals surface area (Å²) in [5, 5.41) is 4.79. The average Bonchev–Trinajstić information content (AvgIpc) is 3.98. The van der Waals surface area contributed by atoms with Crippen LogP contribution in [0.4, 0.5) is 17.1 Å². The van der Waals surface area contributed by atoms with Crippen molar-refractivity contribution in [3.63, 3.8) is 0 Å². The first kappa shape index (κ1) is 40.1. The van der Waals surface area contributed by atoms with Crippen LogP contribution in [0.1, 0.15) is 0 Å². The molecule has 2 aromatic heterocycles. The van der Waals surface area contributed by atoms with Crippen LogP contribution in [0.15, 0.2) is 271 Å². The van der Waals surface area contributed by atoms with E-state index in [1.165, 1.54) is 38.5 Å². The summed E-state index contributed by atoms with van der Waals surface area (Å²) in [6.07, 6.45) is 0. The fourth-order valence-electron chi connectivity index (χ4n) is 10.3. The molecular weight excluding hydrogens is 837 g/mol. The Morgan fingerprint density at radius 1 is 0.290 bits per heavy atom. The van der Waals surface area contributed by atoms with E-state index < -0.39 is 0 Å². The first-order valence-electron chi connectivity index (χ1n) is 23.6. The summed E-state index contributed by atoms with van der Waals surface area (Å²) in [6, 6.07) is 96.0. The molecule has 13 aromatic rings. The van der Waals surface area contributed by atoms with Gasteiger partial charge in [0.1, 0.15) is 11.2 Å². The van der Waals surface area contributed by atoms with Crippen molar-refractivity contribution in [3.05, 3.63) is 267 Å². The first-order chi connectivity index (χ1) is 34.2. The molecule has 69 heavy (non-hydrogen) atoms. The minimum atomic E-state index is 0.910. The summed E-state index contributed by atoms with van der Waals surface area (Å²) in [4.78, 5) is 2.38. The molecule has 0 spiro atoms. The van der Waals surface area contributed by atoms with Crippen LogP contribution in [0, 0.1) is 0 Å². The number of fused-ring (bicyclic) bond motifs is 6. The van der Waals surface area contributed by atoms with Gasteiger partial charge in [0.25, 0.3) is 0 Å². The normalized spacial score (nSPS) is 11.5. The number of rotatable bonds is 9. The highest BCUT2D eigenvalue weighted by molar-refractivity contribution is 6.11. The number of hydrogen-bond acceptors (Lipinski definition) is 2. The molecule has 324 valence electrons. The summed E-state index contributed by atoms with van der Waals surface area (Å²) in [5.74, 6) is 0. The molecule has 0 aliphatic carbocycles. The van der Waals surface area contributed by atoms with Gasteiger partial charge in [-0.2, -0.15) is 0 Å². The van der Waals surface area contributed by atoms with Crippen LogP contribution in [-0.2, 0) is 0 Å². The van der Waals surface area contributed by atoms with Gasteiger partial charge in [0.15, 0.2) is 0 Å². The third-order valence-corrected chi connectivity index (χ3v) is 13.6. The number of para-hydroxylation sites is 6. The molecule has 11 aromatic carbocycles. The Balaban J connectivity index is 0.848.